The van der Waals surface area contributed by atoms with E-state index in [2.05, 4.69) is 0 Å². The maximum atomic E-state index is 14.2. The van der Waals surface area contributed by atoms with Gasteiger partial charge in [-0.3, -0.25) is 0 Å². The number of alkyl halides is 4. The Morgan fingerprint density at radius 1 is 1.05 bits per heavy atom. The van der Waals surface area contributed by atoms with Crippen LogP contribution in [0.15, 0.2) is 0 Å². The van der Waals surface area contributed by atoms with Crippen molar-refractivity contribution in [2.24, 2.45) is 0 Å². The lowest BCUT2D eigenvalue weighted by Crippen LogP contribution is -2.57. The molecule has 1 heterocycles. The third-order valence-electron chi connectivity index (χ3n) is 2.72. The average Bonchev–Trinajstić information content (AvgIpc) is 1.88. The summed E-state index contributed by atoms with van der Waals surface area (Å²) < 4.78 is 99.8. The van der Waals surface area contributed by atoms with Crippen molar-refractivity contribution in [1.29, 1.82) is 0 Å². The lowest BCUT2D eigenvalue weighted by Gasteiger charge is -2.36. The number of sulfonamides is 2. The highest BCUT2D eigenvalue weighted by Gasteiger charge is 2.56. The van der Waals surface area contributed by atoms with Gasteiger partial charge in [-0.1, -0.05) is 0 Å². The molecule has 0 saturated carbocycles. The average molecular weight is 327 g/mol. The minimum Gasteiger partial charge on any atom is -0.241 e. The van der Waals surface area contributed by atoms with Crippen LogP contribution in [0.2, 0.25) is 0 Å². The van der Waals surface area contributed by atoms with E-state index in [1.807, 2.05) is 0 Å². The summed E-state index contributed by atoms with van der Waals surface area (Å²) in [6, 6.07) is 0. The first-order chi connectivity index (χ1) is 8.08. The van der Waals surface area contributed by atoms with Gasteiger partial charge in [0.25, 0.3) is 5.92 Å². The van der Waals surface area contributed by atoms with Gasteiger partial charge in [0.15, 0.2) is 5.67 Å². The molecular weight excluding hydrogens is 314 g/mol. The Morgan fingerprint density at radius 2 is 1.42 bits per heavy atom. The molecule has 0 aromatic rings. The second kappa shape index (κ2) is 4.29. The third-order valence-corrected chi connectivity index (χ3v) is 6.54. The quantitative estimate of drug-likeness (QED) is 0.775. The summed E-state index contributed by atoms with van der Waals surface area (Å²) in [4.78, 5) is 0. The minimum atomic E-state index is -4.54. The van der Waals surface area contributed by atoms with Crippen molar-refractivity contribution >= 4 is 20.0 Å². The number of hydrogen-bond acceptors (Lipinski definition) is 4. The molecule has 0 spiro atoms. The minimum absolute atomic E-state index is 0.209. The fraction of sp³-hybridized carbons (Fsp3) is 1.00. The fourth-order valence-electron chi connectivity index (χ4n) is 1.83. The van der Waals surface area contributed by atoms with E-state index in [-0.39, 0.29) is 6.92 Å². The lowest BCUT2D eigenvalue weighted by molar-refractivity contribution is -0.132. The van der Waals surface area contributed by atoms with Crippen molar-refractivity contribution in [2.75, 3.05) is 11.5 Å². The Morgan fingerprint density at radius 3 is 1.74 bits per heavy atom. The van der Waals surface area contributed by atoms with E-state index in [0.29, 0.717) is 6.92 Å². The molecule has 0 amide bonds. The molecule has 0 radical (unpaired) electrons. The van der Waals surface area contributed by atoms with Gasteiger partial charge in [0.2, 0.25) is 20.0 Å². The van der Waals surface area contributed by atoms with Gasteiger partial charge in [0.1, 0.15) is 17.2 Å². The summed E-state index contributed by atoms with van der Waals surface area (Å²) in [5.41, 5.74) is -6.48. The van der Waals surface area contributed by atoms with E-state index < -0.39 is 55.2 Å². The Balaban J connectivity index is 3.12. The summed E-state index contributed by atoms with van der Waals surface area (Å²) in [6.45, 7) is 0.607. The van der Waals surface area contributed by atoms with Gasteiger partial charge in [0, 0.05) is 13.3 Å². The van der Waals surface area contributed by atoms with E-state index in [1.54, 1.807) is 0 Å². The Labute approximate surface area is 108 Å². The van der Waals surface area contributed by atoms with Crippen molar-refractivity contribution in [3.63, 3.8) is 0 Å². The Kier molecular flexibility index (Phi) is 3.75. The molecule has 1 N–H and O–H groups in total. The van der Waals surface area contributed by atoms with Crippen molar-refractivity contribution < 1.29 is 34.4 Å². The molecule has 0 aliphatic carbocycles. The second-order valence-corrected chi connectivity index (χ2v) is 8.72. The van der Waals surface area contributed by atoms with Crippen LogP contribution in [0.3, 0.4) is 0 Å². The zero-order valence-electron chi connectivity index (χ0n) is 10.1. The van der Waals surface area contributed by atoms with Gasteiger partial charge in [-0.2, -0.15) is 0 Å². The zero-order chi connectivity index (χ0) is 15.3. The summed E-state index contributed by atoms with van der Waals surface area (Å²) in [7, 11) is -9.08. The Hall–Kier alpha value is -0.420. The van der Waals surface area contributed by atoms with Crippen LogP contribution in [0.1, 0.15) is 20.3 Å². The SMILES string of the molecule is CC(F)(F)C(C)(F)CC1(F)CS(=O)(=O)NS(=O)(=O)C1. The van der Waals surface area contributed by atoms with Crippen LogP contribution in [-0.2, 0) is 20.0 Å². The topological polar surface area (TPSA) is 80.3 Å². The van der Waals surface area contributed by atoms with Crippen LogP contribution in [0.4, 0.5) is 17.6 Å². The van der Waals surface area contributed by atoms with Crippen LogP contribution >= 0.6 is 0 Å². The zero-order valence-corrected chi connectivity index (χ0v) is 11.7. The summed E-state index contributed by atoms with van der Waals surface area (Å²) in [5.74, 6) is -6.70. The van der Waals surface area contributed by atoms with Gasteiger partial charge < -0.3 is 0 Å². The normalized spacial score (nSPS) is 28.5. The summed E-state index contributed by atoms with van der Waals surface area (Å²) in [6.07, 6.45) is -1.54. The van der Waals surface area contributed by atoms with Gasteiger partial charge in [-0.05, 0) is 6.92 Å². The second-order valence-electron chi connectivity index (χ2n) is 5.01. The number of hydrogen-bond donors (Lipinski definition) is 1. The molecule has 5 nitrogen and oxygen atoms in total. The van der Waals surface area contributed by atoms with Crippen LogP contribution in [-0.4, -0.2) is 45.6 Å². The molecule has 1 rings (SSSR count). The maximum Gasteiger partial charge on any atom is 0.278 e. The van der Waals surface area contributed by atoms with Gasteiger partial charge >= 0.3 is 0 Å². The lowest BCUT2D eigenvalue weighted by atomic mass is 9.89. The molecule has 19 heavy (non-hydrogen) atoms. The molecule has 11 heteroatoms. The van der Waals surface area contributed by atoms with Crippen molar-refractivity contribution in [3.05, 3.63) is 0 Å². The van der Waals surface area contributed by atoms with Crippen LogP contribution in [0, 0.1) is 0 Å². The van der Waals surface area contributed by atoms with Gasteiger partial charge in [-0.15, -0.1) is 4.13 Å². The molecule has 0 aromatic heterocycles. The molecule has 1 aliphatic rings. The van der Waals surface area contributed by atoms with Crippen LogP contribution < -0.4 is 4.13 Å². The monoisotopic (exact) mass is 327 g/mol. The smallest absolute Gasteiger partial charge is 0.241 e. The summed E-state index contributed by atoms with van der Waals surface area (Å²) in [5, 5.41) is 0. The maximum absolute atomic E-state index is 14.2. The van der Waals surface area contributed by atoms with E-state index >= 15 is 0 Å². The van der Waals surface area contributed by atoms with E-state index in [9.17, 15) is 34.4 Å². The number of nitrogens with one attached hydrogen (secondary N) is 1. The van der Waals surface area contributed by atoms with Crippen LogP contribution in [0.5, 0.6) is 0 Å². The largest absolute Gasteiger partial charge is 0.278 e. The van der Waals surface area contributed by atoms with E-state index in [0.717, 1.165) is 0 Å². The molecule has 0 bridgehead atoms. The predicted octanol–water partition coefficient (Wildman–Crippen LogP) is 0.731. The fourth-order valence-corrected chi connectivity index (χ4v) is 5.75. The number of rotatable bonds is 3. The number of halogens is 4. The standard InChI is InChI=1S/C8H13F4NO4S2/c1-6(9,7(2,10)11)3-8(12)4-18(14,15)13-19(16,17)5-8/h13H,3-5H2,1-2H3. The van der Waals surface area contributed by atoms with Crippen molar-refractivity contribution in [1.82, 2.24) is 4.13 Å². The highest BCUT2D eigenvalue weighted by Crippen LogP contribution is 2.41. The van der Waals surface area contributed by atoms with Crippen molar-refractivity contribution in [3.8, 4) is 0 Å². The first kappa shape index (κ1) is 16.6. The molecule has 1 atom stereocenters. The highest BCUT2D eigenvalue weighted by molar-refractivity contribution is 8.05. The predicted molar refractivity (Wildman–Crippen MR) is 59.3 cm³/mol. The molecule has 1 fully saturated rings. The Bertz CT molecular complexity index is 530. The van der Waals surface area contributed by atoms with Crippen molar-refractivity contribution in [2.45, 2.75) is 37.5 Å². The highest BCUT2D eigenvalue weighted by atomic mass is 32.3. The first-order valence-electron chi connectivity index (χ1n) is 5.07. The first-order valence-corrected chi connectivity index (χ1v) is 8.38. The molecule has 0 aromatic carbocycles. The van der Waals surface area contributed by atoms with E-state index in [4.69, 9.17) is 0 Å². The molecule has 1 saturated heterocycles. The molecule has 114 valence electrons. The van der Waals surface area contributed by atoms with E-state index in [1.165, 1.54) is 4.13 Å². The van der Waals surface area contributed by atoms with Gasteiger partial charge in [-0.25, -0.2) is 34.4 Å². The third kappa shape index (κ3) is 4.02. The van der Waals surface area contributed by atoms with Crippen LogP contribution in [0.25, 0.3) is 0 Å². The molecular formula is C8H13F4NO4S2. The summed E-state index contributed by atoms with van der Waals surface area (Å²) >= 11 is 0. The molecule has 1 unspecified atom stereocenters. The van der Waals surface area contributed by atoms with Gasteiger partial charge in [0.05, 0.1) is 0 Å². The molecule has 1 aliphatic heterocycles.